The van der Waals surface area contributed by atoms with Gasteiger partial charge in [0.05, 0.1) is 22.2 Å². The molecule has 0 aliphatic rings. The van der Waals surface area contributed by atoms with Crippen molar-refractivity contribution in [3.8, 4) is 0 Å². The molecular weight excluding hydrogens is 511 g/mol. The van der Waals surface area contributed by atoms with E-state index >= 15 is 0 Å². The van der Waals surface area contributed by atoms with E-state index in [0.29, 0.717) is 21.3 Å². The molecule has 1 amide bonds. The van der Waals surface area contributed by atoms with E-state index in [1.807, 2.05) is 0 Å². The number of carbonyl (C=O) groups is 1. The van der Waals surface area contributed by atoms with Crippen LogP contribution >= 0.6 is 39.1 Å². The average molecular weight is 528 g/mol. The van der Waals surface area contributed by atoms with Crippen molar-refractivity contribution in [1.82, 2.24) is 4.31 Å². The minimum absolute atomic E-state index is 0.00546. The number of hydrogen-bond acceptors (Lipinski definition) is 3. The molecule has 0 saturated carbocycles. The third-order valence-electron chi connectivity index (χ3n) is 4.19. The summed E-state index contributed by atoms with van der Waals surface area (Å²) in [6.07, 6.45) is 0. The fourth-order valence-electron chi connectivity index (χ4n) is 2.69. The number of anilines is 1. The van der Waals surface area contributed by atoms with Crippen LogP contribution in [0.15, 0.2) is 82.2 Å². The minimum Gasteiger partial charge on any atom is -0.324 e. The van der Waals surface area contributed by atoms with Gasteiger partial charge in [0.25, 0.3) is 0 Å². The molecule has 5 nitrogen and oxygen atoms in total. The number of halogens is 3. The van der Waals surface area contributed by atoms with Crippen LogP contribution in [0.5, 0.6) is 0 Å². The minimum atomic E-state index is -3.94. The van der Waals surface area contributed by atoms with Crippen LogP contribution in [0, 0.1) is 0 Å². The molecule has 3 aromatic rings. The summed E-state index contributed by atoms with van der Waals surface area (Å²) >= 11 is 15.3. The molecular formula is C21H17BrCl2N2O3S. The fourth-order valence-corrected chi connectivity index (χ4v) is 4.65. The summed E-state index contributed by atoms with van der Waals surface area (Å²) in [6.45, 7) is -0.377. The van der Waals surface area contributed by atoms with Crippen molar-refractivity contribution in [2.24, 2.45) is 0 Å². The van der Waals surface area contributed by atoms with E-state index in [4.69, 9.17) is 23.2 Å². The Morgan fingerprint density at radius 1 is 0.933 bits per heavy atom. The number of hydrogen-bond donors (Lipinski definition) is 1. The second-order valence-electron chi connectivity index (χ2n) is 6.38. The molecule has 0 aliphatic carbocycles. The molecule has 0 aliphatic heterocycles. The number of nitrogens with one attached hydrogen (secondary N) is 1. The van der Waals surface area contributed by atoms with Gasteiger partial charge in [-0.2, -0.15) is 4.31 Å². The van der Waals surface area contributed by atoms with Crippen LogP contribution in [0.25, 0.3) is 0 Å². The predicted molar refractivity (Wildman–Crippen MR) is 123 cm³/mol. The highest BCUT2D eigenvalue weighted by Gasteiger charge is 2.27. The quantitative estimate of drug-likeness (QED) is 0.435. The predicted octanol–water partition coefficient (Wildman–Crippen LogP) is 5.59. The first-order chi connectivity index (χ1) is 14.3. The highest BCUT2D eigenvalue weighted by molar-refractivity contribution is 9.10. The van der Waals surface area contributed by atoms with Gasteiger partial charge in [-0.25, -0.2) is 8.42 Å². The van der Waals surface area contributed by atoms with Crippen molar-refractivity contribution in [3.05, 3.63) is 92.9 Å². The van der Waals surface area contributed by atoms with Gasteiger partial charge in [0.2, 0.25) is 15.9 Å². The number of rotatable bonds is 7. The standard InChI is InChI=1S/C21H17BrCl2N2O3S/c22-16-7-11-18(12-8-16)30(28,29)26(13-15-5-9-17(23)10-6-15)14-21(27)25-20-4-2-1-3-19(20)24/h1-12H,13-14H2,(H,25,27). The van der Waals surface area contributed by atoms with Crippen LogP contribution in [0.1, 0.15) is 5.56 Å². The van der Waals surface area contributed by atoms with Crippen molar-refractivity contribution in [3.63, 3.8) is 0 Å². The number of carbonyl (C=O) groups excluding carboxylic acids is 1. The highest BCUT2D eigenvalue weighted by Crippen LogP contribution is 2.23. The van der Waals surface area contributed by atoms with Crippen molar-refractivity contribution in [2.75, 3.05) is 11.9 Å². The second kappa shape index (κ2) is 9.94. The van der Waals surface area contributed by atoms with Crippen LogP contribution in [0.2, 0.25) is 10.0 Å². The van der Waals surface area contributed by atoms with Gasteiger partial charge in [-0.05, 0) is 54.1 Å². The summed E-state index contributed by atoms with van der Waals surface area (Å²) in [4.78, 5) is 12.7. The zero-order valence-corrected chi connectivity index (χ0v) is 19.5. The zero-order chi connectivity index (χ0) is 21.7. The third kappa shape index (κ3) is 5.83. The number of amides is 1. The summed E-state index contributed by atoms with van der Waals surface area (Å²) in [7, 11) is -3.94. The summed E-state index contributed by atoms with van der Waals surface area (Å²) in [5.41, 5.74) is 1.11. The van der Waals surface area contributed by atoms with Gasteiger partial charge in [0, 0.05) is 16.0 Å². The molecule has 0 bridgehead atoms. The number of nitrogens with zero attached hydrogens (tertiary/aromatic N) is 1. The van der Waals surface area contributed by atoms with Crippen molar-refractivity contribution >= 4 is 60.7 Å². The van der Waals surface area contributed by atoms with Gasteiger partial charge < -0.3 is 5.32 Å². The van der Waals surface area contributed by atoms with E-state index in [1.165, 1.54) is 12.1 Å². The number of para-hydroxylation sites is 1. The Balaban J connectivity index is 1.88. The molecule has 0 saturated heterocycles. The van der Waals surface area contributed by atoms with Gasteiger partial charge in [-0.1, -0.05) is 63.4 Å². The monoisotopic (exact) mass is 526 g/mol. The third-order valence-corrected chi connectivity index (χ3v) is 7.11. The fraction of sp³-hybridized carbons (Fsp3) is 0.0952. The van der Waals surface area contributed by atoms with Gasteiger partial charge >= 0.3 is 0 Å². The van der Waals surface area contributed by atoms with E-state index in [0.717, 1.165) is 8.78 Å². The van der Waals surface area contributed by atoms with E-state index in [1.54, 1.807) is 60.7 Å². The van der Waals surface area contributed by atoms with Gasteiger partial charge in [0.1, 0.15) is 0 Å². The lowest BCUT2D eigenvalue weighted by molar-refractivity contribution is -0.116. The first-order valence-corrected chi connectivity index (χ1v) is 11.8. The zero-order valence-electron chi connectivity index (χ0n) is 15.6. The lowest BCUT2D eigenvalue weighted by Gasteiger charge is -2.22. The molecule has 0 unspecified atom stereocenters. The van der Waals surface area contributed by atoms with Crippen LogP contribution in [0.3, 0.4) is 0 Å². The van der Waals surface area contributed by atoms with Crippen molar-refractivity contribution in [2.45, 2.75) is 11.4 Å². The van der Waals surface area contributed by atoms with Gasteiger partial charge in [-0.15, -0.1) is 0 Å². The Morgan fingerprint density at radius 2 is 1.57 bits per heavy atom. The molecule has 0 aromatic heterocycles. The molecule has 0 fully saturated rings. The molecule has 156 valence electrons. The maximum Gasteiger partial charge on any atom is 0.243 e. The lowest BCUT2D eigenvalue weighted by Crippen LogP contribution is -2.37. The molecule has 3 aromatic carbocycles. The smallest absolute Gasteiger partial charge is 0.243 e. The van der Waals surface area contributed by atoms with E-state index in [-0.39, 0.29) is 18.0 Å². The van der Waals surface area contributed by atoms with Crippen LogP contribution < -0.4 is 5.32 Å². The first-order valence-electron chi connectivity index (χ1n) is 8.80. The molecule has 1 N–H and O–H groups in total. The highest BCUT2D eigenvalue weighted by atomic mass is 79.9. The Labute approximate surface area is 193 Å². The topological polar surface area (TPSA) is 66.5 Å². The molecule has 0 atom stereocenters. The van der Waals surface area contributed by atoms with E-state index < -0.39 is 15.9 Å². The molecule has 9 heteroatoms. The maximum atomic E-state index is 13.2. The summed E-state index contributed by atoms with van der Waals surface area (Å²) in [6, 6.07) is 19.8. The summed E-state index contributed by atoms with van der Waals surface area (Å²) < 4.78 is 28.4. The average Bonchev–Trinajstić information content (AvgIpc) is 2.71. The number of sulfonamides is 1. The van der Waals surface area contributed by atoms with Crippen molar-refractivity contribution in [1.29, 1.82) is 0 Å². The SMILES string of the molecule is O=C(CN(Cc1ccc(Cl)cc1)S(=O)(=O)c1ccc(Br)cc1)Nc1ccccc1Cl. The molecule has 30 heavy (non-hydrogen) atoms. The van der Waals surface area contributed by atoms with Gasteiger partial charge in [0.15, 0.2) is 0 Å². The molecule has 0 radical (unpaired) electrons. The molecule has 0 spiro atoms. The number of benzene rings is 3. The van der Waals surface area contributed by atoms with Crippen LogP contribution in [-0.2, 0) is 21.4 Å². The van der Waals surface area contributed by atoms with E-state index in [9.17, 15) is 13.2 Å². The maximum absolute atomic E-state index is 13.2. The molecule has 0 heterocycles. The van der Waals surface area contributed by atoms with Crippen LogP contribution in [0.4, 0.5) is 5.69 Å². The Morgan fingerprint density at radius 3 is 2.20 bits per heavy atom. The van der Waals surface area contributed by atoms with E-state index in [2.05, 4.69) is 21.2 Å². The van der Waals surface area contributed by atoms with Crippen LogP contribution in [-0.4, -0.2) is 25.2 Å². The first kappa shape index (κ1) is 22.8. The largest absolute Gasteiger partial charge is 0.324 e. The summed E-state index contributed by atoms with van der Waals surface area (Å²) in [5.74, 6) is -0.502. The normalized spacial score (nSPS) is 11.5. The van der Waals surface area contributed by atoms with Crippen molar-refractivity contribution < 1.29 is 13.2 Å². The Kier molecular flexibility index (Phi) is 7.55. The Bertz CT molecular complexity index is 1140. The second-order valence-corrected chi connectivity index (χ2v) is 10.1. The Hall–Kier alpha value is -1.90. The lowest BCUT2D eigenvalue weighted by atomic mass is 10.2. The van der Waals surface area contributed by atoms with Gasteiger partial charge in [-0.3, -0.25) is 4.79 Å². The summed E-state index contributed by atoms with van der Waals surface area (Å²) in [5, 5.41) is 3.57. The molecule has 3 rings (SSSR count).